The summed E-state index contributed by atoms with van der Waals surface area (Å²) >= 11 is 1.86. The Labute approximate surface area is 462 Å². The van der Waals surface area contributed by atoms with E-state index in [1.165, 1.54) is 99.6 Å². The molecule has 0 N–H and O–H groups in total. The SMILES string of the molecule is CCCc1ccc(N(c2ccc(-c3ccc4c(c3)sc3cc(-c5ccc(N(c6ccc(CCC(=O)OC)cc6)c6ccc7c(c6)C(C)(C)c6ccccc6-7)cc5)ccc34)cc2)c2ccc3c(c2)C(C)(C)c2ccccc2-3)cc1. The van der Waals surface area contributed by atoms with E-state index in [0.29, 0.717) is 12.8 Å². The summed E-state index contributed by atoms with van der Waals surface area (Å²) in [5, 5.41) is 2.56. The molecule has 0 fully saturated rings. The van der Waals surface area contributed by atoms with Crippen molar-refractivity contribution < 1.29 is 9.53 Å². The summed E-state index contributed by atoms with van der Waals surface area (Å²) in [6.07, 6.45) is 3.19. The fourth-order valence-electron chi connectivity index (χ4n) is 12.6. The molecule has 1 heterocycles. The third-order valence-corrected chi connectivity index (χ3v) is 17.9. The molecule has 4 nitrogen and oxygen atoms in total. The summed E-state index contributed by atoms with van der Waals surface area (Å²) in [6.45, 7) is 11.6. The van der Waals surface area contributed by atoms with Crippen LogP contribution in [0.25, 0.3) is 64.7 Å². The Bertz CT molecular complexity index is 4090. The molecule has 0 spiro atoms. The molecule has 10 aromatic carbocycles. The highest BCUT2D eigenvalue weighted by atomic mass is 32.1. The van der Waals surface area contributed by atoms with Crippen LogP contribution >= 0.6 is 11.3 Å². The molecule has 11 aromatic rings. The zero-order valence-corrected chi connectivity index (χ0v) is 46.0. The summed E-state index contributed by atoms with van der Waals surface area (Å²) in [7, 11) is 1.44. The monoisotopic (exact) mass is 1030 g/mol. The van der Waals surface area contributed by atoms with Crippen LogP contribution in [-0.4, -0.2) is 13.1 Å². The Balaban J connectivity index is 0.794. The fourth-order valence-corrected chi connectivity index (χ4v) is 13.7. The smallest absolute Gasteiger partial charge is 0.305 e. The number of esters is 1. The van der Waals surface area contributed by atoms with Gasteiger partial charge in [0.15, 0.2) is 0 Å². The zero-order valence-electron chi connectivity index (χ0n) is 45.2. The quantitative estimate of drug-likeness (QED) is 0.108. The lowest BCUT2D eigenvalue weighted by molar-refractivity contribution is -0.140. The predicted octanol–water partition coefficient (Wildman–Crippen LogP) is 20.0. The highest BCUT2D eigenvalue weighted by molar-refractivity contribution is 7.25. The van der Waals surface area contributed by atoms with Gasteiger partial charge in [0.1, 0.15) is 0 Å². The number of methoxy groups -OCH3 is 1. The van der Waals surface area contributed by atoms with Crippen LogP contribution in [0.2, 0.25) is 0 Å². The van der Waals surface area contributed by atoms with Crippen LogP contribution in [0.4, 0.5) is 34.1 Å². The van der Waals surface area contributed by atoms with Gasteiger partial charge in [-0.25, -0.2) is 0 Å². The van der Waals surface area contributed by atoms with Gasteiger partial charge < -0.3 is 14.5 Å². The molecule has 0 saturated heterocycles. The summed E-state index contributed by atoms with van der Waals surface area (Å²) < 4.78 is 7.48. The number of anilines is 6. The molecule has 0 atom stereocenters. The molecular formula is C73H62N2O2S. The van der Waals surface area contributed by atoms with Crippen LogP contribution < -0.4 is 9.80 Å². The van der Waals surface area contributed by atoms with Crippen molar-refractivity contribution in [2.75, 3.05) is 16.9 Å². The summed E-state index contributed by atoms with van der Waals surface area (Å²) in [6, 6.07) is 81.4. The molecule has 0 amide bonds. The van der Waals surface area contributed by atoms with Crippen LogP contribution in [0.3, 0.4) is 0 Å². The van der Waals surface area contributed by atoms with Gasteiger partial charge in [-0.2, -0.15) is 0 Å². The van der Waals surface area contributed by atoms with Gasteiger partial charge in [0.25, 0.3) is 0 Å². The van der Waals surface area contributed by atoms with Gasteiger partial charge in [0.2, 0.25) is 0 Å². The second-order valence-electron chi connectivity index (χ2n) is 22.2. The number of fused-ring (bicyclic) bond motifs is 9. The molecule has 1 aromatic heterocycles. The Morgan fingerprint density at radius 2 is 0.782 bits per heavy atom. The van der Waals surface area contributed by atoms with Gasteiger partial charge in [-0.15, -0.1) is 11.3 Å². The summed E-state index contributed by atoms with van der Waals surface area (Å²) in [5.74, 6) is -0.198. The normalized spacial score (nSPS) is 13.5. The Hall–Kier alpha value is -8.51. The maximum absolute atomic E-state index is 12.0. The van der Waals surface area contributed by atoms with E-state index in [2.05, 4.69) is 263 Å². The van der Waals surface area contributed by atoms with E-state index in [4.69, 9.17) is 4.74 Å². The van der Waals surface area contributed by atoms with Gasteiger partial charge in [-0.1, -0.05) is 174 Å². The summed E-state index contributed by atoms with van der Waals surface area (Å²) in [5.41, 5.74) is 24.4. The van der Waals surface area contributed by atoms with Crippen molar-refractivity contribution in [3.8, 4) is 44.5 Å². The number of ether oxygens (including phenoxy) is 1. The van der Waals surface area contributed by atoms with Crippen molar-refractivity contribution in [1.29, 1.82) is 0 Å². The van der Waals surface area contributed by atoms with Crippen molar-refractivity contribution in [2.45, 2.75) is 71.1 Å². The third-order valence-electron chi connectivity index (χ3n) is 16.8. The second-order valence-corrected chi connectivity index (χ2v) is 23.3. The van der Waals surface area contributed by atoms with E-state index in [9.17, 15) is 4.79 Å². The number of nitrogens with zero attached hydrogens (tertiary/aromatic N) is 2. The number of benzene rings is 10. The predicted molar refractivity (Wildman–Crippen MR) is 329 cm³/mol. The topological polar surface area (TPSA) is 32.8 Å². The zero-order chi connectivity index (χ0) is 53.3. The number of carbonyl (C=O) groups excluding carboxylic acids is 1. The third kappa shape index (κ3) is 8.49. The first kappa shape index (κ1) is 49.1. The van der Waals surface area contributed by atoms with Crippen LogP contribution in [0.15, 0.2) is 218 Å². The molecular weight excluding hydrogens is 969 g/mol. The van der Waals surface area contributed by atoms with E-state index in [0.717, 1.165) is 52.5 Å². The molecule has 0 bridgehead atoms. The van der Waals surface area contributed by atoms with Crippen molar-refractivity contribution in [1.82, 2.24) is 0 Å². The average Bonchev–Trinajstić information content (AvgIpc) is 4.07. The van der Waals surface area contributed by atoms with Gasteiger partial charge in [0.05, 0.1) is 7.11 Å². The summed E-state index contributed by atoms with van der Waals surface area (Å²) in [4.78, 5) is 16.7. The Morgan fingerprint density at radius 3 is 1.21 bits per heavy atom. The van der Waals surface area contributed by atoms with E-state index < -0.39 is 0 Å². The molecule has 0 saturated carbocycles. The van der Waals surface area contributed by atoms with E-state index in [1.807, 2.05) is 11.3 Å². The first-order valence-electron chi connectivity index (χ1n) is 27.5. The van der Waals surface area contributed by atoms with Crippen molar-refractivity contribution in [3.05, 3.63) is 252 Å². The van der Waals surface area contributed by atoms with E-state index >= 15 is 0 Å². The lowest BCUT2D eigenvalue weighted by atomic mass is 9.82. The molecule has 78 heavy (non-hydrogen) atoms. The number of aryl methyl sites for hydroxylation is 2. The Kier molecular flexibility index (Phi) is 12.3. The molecule has 0 aliphatic heterocycles. The minimum absolute atomic E-state index is 0.0920. The van der Waals surface area contributed by atoms with Gasteiger partial charge >= 0.3 is 5.97 Å². The van der Waals surface area contributed by atoms with Gasteiger partial charge in [-0.05, 0) is 176 Å². The minimum Gasteiger partial charge on any atom is -0.469 e. The second kappa shape index (κ2) is 19.5. The van der Waals surface area contributed by atoms with Crippen molar-refractivity contribution in [3.63, 3.8) is 0 Å². The maximum atomic E-state index is 12.0. The fraction of sp³-hybridized carbons (Fsp3) is 0.164. The number of carbonyl (C=O) groups is 1. The number of rotatable bonds is 13. The van der Waals surface area contributed by atoms with E-state index in [1.54, 1.807) is 0 Å². The highest BCUT2D eigenvalue weighted by Crippen LogP contribution is 2.53. The molecule has 2 aliphatic rings. The molecule has 5 heteroatoms. The van der Waals surface area contributed by atoms with Crippen molar-refractivity contribution in [2.24, 2.45) is 0 Å². The lowest BCUT2D eigenvalue weighted by Crippen LogP contribution is -2.16. The molecule has 0 radical (unpaired) electrons. The van der Waals surface area contributed by atoms with Crippen LogP contribution in [0.5, 0.6) is 0 Å². The maximum Gasteiger partial charge on any atom is 0.305 e. The molecule has 382 valence electrons. The Morgan fingerprint density at radius 1 is 0.410 bits per heavy atom. The first-order valence-corrected chi connectivity index (χ1v) is 28.3. The number of thiophene rings is 1. The van der Waals surface area contributed by atoms with Gasteiger partial charge in [0, 0.05) is 71.5 Å². The minimum atomic E-state index is -0.198. The molecule has 0 unspecified atom stereocenters. The highest BCUT2D eigenvalue weighted by Gasteiger charge is 2.37. The average molecular weight is 1030 g/mol. The van der Waals surface area contributed by atoms with E-state index in [-0.39, 0.29) is 16.8 Å². The standard InChI is InChI=1S/C73H62N2O2S/c1-7-12-47-17-28-53(29-18-47)74(57-36-40-61-59-13-8-10-15-65(59)72(2,3)67(61)45-57)55-32-22-49(23-33-55)51-26-38-63-64-39-27-52(44-70(64)78-69(63)43-51)50-24-34-56(35-25-50)75(54-30-19-48(20-31-54)21-42-71(76)77-6)58-37-41-62-60-14-9-11-16-66(60)73(4,5)68(62)46-58/h8-11,13-20,22-41,43-46H,7,12,21,42H2,1-6H3. The van der Waals surface area contributed by atoms with Crippen LogP contribution in [-0.2, 0) is 33.2 Å². The van der Waals surface area contributed by atoms with Crippen LogP contribution in [0, 0.1) is 0 Å². The van der Waals surface area contributed by atoms with Crippen molar-refractivity contribution >= 4 is 71.6 Å². The van der Waals surface area contributed by atoms with Crippen LogP contribution in [0.1, 0.15) is 80.8 Å². The number of hydrogen-bond acceptors (Lipinski definition) is 5. The molecule has 13 rings (SSSR count). The van der Waals surface area contributed by atoms with Gasteiger partial charge in [-0.3, -0.25) is 4.79 Å². The molecule has 2 aliphatic carbocycles. The largest absolute Gasteiger partial charge is 0.469 e. The number of hydrogen-bond donors (Lipinski definition) is 0. The lowest BCUT2D eigenvalue weighted by Gasteiger charge is -2.28. The first-order chi connectivity index (χ1) is 38.0.